The quantitative estimate of drug-likeness (QED) is 0.232. The molecule has 0 aliphatic carbocycles. The summed E-state index contributed by atoms with van der Waals surface area (Å²) in [6.45, 7) is 0. The zero-order valence-electron chi connectivity index (χ0n) is 17.2. The first-order valence-corrected chi connectivity index (χ1v) is 12.2. The van der Waals surface area contributed by atoms with Crippen LogP contribution in [0.3, 0.4) is 0 Å². The van der Waals surface area contributed by atoms with Crippen molar-refractivity contribution in [2.45, 2.75) is 4.90 Å². The second-order valence-corrected chi connectivity index (χ2v) is 9.54. The average Bonchev–Trinajstić information content (AvgIpc) is 3.20. The monoisotopic (exact) mass is 455 g/mol. The molecule has 0 spiro atoms. The lowest BCUT2D eigenvalue weighted by molar-refractivity contribution is 0.601. The molecule has 6 aromatic rings. The molecule has 0 amide bonds. The van der Waals surface area contributed by atoms with Gasteiger partial charge in [-0.25, -0.2) is 4.98 Å². The summed E-state index contributed by atoms with van der Waals surface area (Å²) >= 11 is 4.96. The van der Waals surface area contributed by atoms with E-state index in [9.17, 15) is 4.55 Å². The minimum atomic E-state index is -1.16. The van der Waals surface area contributed by atoms with E-state index in [1.807, 2.05) is 30.3 Å². The predicted molar refractivity (Wildman–Crippen MR) is 135 cm³/mol. The lowest BCUT2D eigenvalue weighted by Gasteiger charge is -2.14. The number of hydrogen-bond donors (Lipinski definition) is 1. The number of pyridine rings is 1. The molecule has 1 unspecified atom stereocenters. The van der Waals surface area contributed by atoms with E-state index in [1.54, 1.807) is 18.4 Å². The lowest BCUT2D eigenvalue weighted by atomic mass is 10.0. The van der Waals surface area contributed by atoms with Crippen LogP contribution < -0.4 is 5.32 Å². The number of halogens is 1. The van der Waals surface area contributed by atoms with Crippen molar-refractivity contribution in [1.29, 1.82) is 0 Å². The highest BCUT2D eigenvalue weighted by Crippen LogP contribution is 2.35. The predicted octanol–water partition coefficient (Wildman–Crippen LogP) is 6.93. The molecule has 1 N–H and O–H groups in total. The van der Waals surface area contributed by atoms with Gasteiger partial charge in [0.15, 0.2) is 4.90 Å². The summed E-state index contributed by atoms with van der Waals surface area (Å²) in [7, 11) is 0. The molecule has 6 rings (SSSR count). The van der Waals surface area contributed by atoms with E-state index in [0.29, 0.717) is 9.92 Å². The highest BCUT2D eigenvalue weighted by atomic mass is 35.5. The molecule has 2 aromatic heterocycles. The molecule has 1 atom stereocenters. The van der Waals surface area contributed by atoms with Crippen LogP contribution in [-0.4, -0.2) is 20.2 Å². The molecule has 2 heterocycles. The van der Waals surface area contributed by atoms with Crippen LogP contribution in [0.1, 0.15) is 0 Å². The first kappa shape index (κ1) is 19.4. The normalized spacial score (nSPS) is 12.7. The number of imidazole rings is 1. The fraction of sp³-hybridized carbons (Fsp3) is 0.0385. The van der Waals surface area contributed by atoms with Gasteiger partial charge in [-0.2, -0.15) is 0 Å². The molecule has 4 aromatic carbocycles. The van der Waals surface area contributed by atoms with Crippen molar-refractivity contribution in [3.8, 4) is 0 Å². The molecule has 0 saturated carbocycles. The van der Waals surface area contributed by atoms with Crippen LogP contribution in [0.5, 0.6) is 0 Å². The lowest BCUT2D eigenvalue weighted by Crippen LogP contribution is -2.03. The molecule has 0 bridgehead atoms. The Morgan fingerprint density at radius 1 is 0.844 bits per heavy atom. The fourth-order valence-electron chi connectivity index (χ4n) is 4.38. The first-order chi connectivity index (χ1) is 15.6. The molecular weight excluding hydrogens is 438 g/mol. The number of nitrogens with zero attached hydrogens (tertiary/aromatic N) is 2. The van der Waals surface area contributed by atoms with Gasteiger partial charge in [-0.15, -0.1) is 0 Å². The van der Waals surface area contributed by atoms with Gasteiger partial charge >= 0.3 is 0 Å². The summed E-state index contributed by atoms with van der Waals surface area (Å²) < 4.78 is 14.5. The molecule has 0 aliphatic rings. The zero-order valence-corrected chi connectivity index (χ0v) is 18.7. The number of benzene rings is 4. The number of nitrogens with one attached hydrogen (secondary N) is 1. The Labute approximate surface area is 192 Å². The standard InChI is InChI=1S/C26H18ClN3OS/c1-32(31)25-14-16(27)10-13-22(25)28-17-11-12-19-20(15-17)18-6-2-4-8-23(18)30-24-9-5-3-7-21(24)29-26(19)30/h2-15,28H,1H3. The Balaban J connectivity index is 1.61. The maximum atomic E-state index is 12.2. The molecule has 4 nitrogen and oxygen atoms in total. The van der Waals surface area contributed by atoms with Gasteiger partial charge in [-0.3, -0.25) is 4.40 Å². The second-order valence-electron chi connectivity index (χ2n) is 7.76. The maximum absolute atomic E-state index is 12.2. The van der Waals surface area contributed by atoms with Crippen LogP contribution in [0.25, 0.3) is 38.4 Å². The third-order valence-electron chi connectivity index (χ3n) is 5.79. The molecule has 156 valence electrons. The summed E-state index contributed by atoms with van der Waals surface area (Å²) in [5, 5.41) is 7.35. The van der Waals surface area contributed by atoms with Gasteiger partial charge in [-0.1, -0.05) is 41.9 Å². The minimum Gasteiger partial charge on any atom is -0.612 e. The number of anilines is 2. The van der Waals surface area contributed by atoms with Crippen molar-refractivity contribution in [2.24, 2.45) is 0 Å². The van der Waals surface area contributed by atoms with Gasteiger partial charge in [0.1, 0.15) is 11.9 Å². The van der Waals surface area contributed by atoms with Crippen LogP contribution in [0.15, 0.2) is 89.8 Å². The minimum absolute atomic E-state index is 0.569. The molecule has 0 aliphatic heterocycles. The molecule has 6 heteroatoms. The largest absolute Gasteiger partial charge is 0.612 e. The van der Waals surface area contributed by atoms with E-state index >= 15 is 0 Å². The Kier molecular flexibility index (Phi) is 4.50. The van der Waals surface area contributed by atoms with Crippen molar-refractivity contribution in [3.63, 3.8) is 0 Å². The second kappa shape index (κ2) is 7.41. The van der Waals surface area contributed by atoms with Crippen molar-refractivity contribution in [2.75, 3.05) is 11.6 Å². The molecule has 0 radical (unpaired) electrons. The van der Waals surface area contributed by atoms with Crippen molar-refractivity contribution in [3.05, 3.63) is 90.0 Å². The number of aromatic nitrogens is 2. The van der Waals surface area contributed by atoms with E-state index in [4.69, 9.17) is 16.6 Å². The van der Waals surface area contributed by atoms with Crippen LogP contribution in [0, 0.1) is 0 Å². The van der Waals surface area contributed by atoms with Crippen LogP contribution in [0.4, 0.5) is 11.4 Å². The number of rotatable bonds is 3. The van der Waals surface area contributed by atoms with Crippen LogP contribution in [0.2, 0.25) is 5.02 Å². The Morgan fingerprint density at radius 2 is 1.62 bits per heavy atom. The SMILES string of the molecule is C[S+]([O-])c1cc(Cl)ccc1Nc1ccc2c(c1)c1ccccc1n1c3ccccc3nc21. The fourth-order valence-corrected chi connectivity index (χ4v) is 5.34. The molecule has 32 heavy (non-hydrogen) atoms. The molecule has 0 saturated heterocycles. The van der Waals surface area contributed by atoms with Gasteiger partial charge < -0.3 is 9.87 Å². The zero-order chi connectivity index (χ0) is 21.8. The number of para-hydroxylation sites is 3. The first-order valence-electron chi connectivity index (χ1n) is 10.2. The van der Waals surface area contributed by atoms with Crippen molar-refractivity contribution in [1.82, 2.24) is 9.38 Å². The van der Waals surface area contributed by atoms with Gasteiger partial charge in [0.25, 0.3) is 0 Å². The smallest absolute Gasteiger partial charge is 0.177 e. The highest BCUT2D eigenvalue weighted by Gasteiger charge is 2.16. The number of hydrogen-bond acceptors (Lipinski definition) is 3. The van der Waals surface area contributed by atoms with Crippen molar-refractivity contribution < 1.29 is 4.55 Å². The van der Waals surface area contributed by atoms with Gasteiger partial charge in [-0.05, 0) is 65.1 Å². The average molecular weight is 456 g/mol. The summed E-state index contributed by atoms with van der Waals surface area (Å²) in [6.07, 6.45) is 1.66. The van der Waals surface area contributed by atoms with E-state index in [0.717, 1.165) is 49.7 Å². The number of fused-ring (bicyclic) bond motifs is 8. The highest BCUT2D eigenvalue weighted by molar-refractivity contribution is 7.90. The van der Waals surface area contributed by atoms with Gasteiger partial charge in [0.2, 0.25) is 0 Å². The Hall–Kier alpha value is -3.25. The van der Waals surface area contributed by atoms with E-state index in [1.165, 1.54) is 0 Å². The van der Waals surface area contributed by atoms with Crippen molar-refractivity contribution >= 4 is 72.5 Å². The molecular formula is C26H18ClN3OS. The van der Waals surface area contributed by atoms with Gasteiger partial charge in [0, 0.05) is 27.5 Å². The third-order valence-corrected chi connectivity index (χ3v) is 6.98. The summed E-state index contributed by atoms with van der Waals surface area (Å²) in [5.74, 6) is 0. The molecule has 0 fully saturated rings. The van der Waals surface area contributed by atoms with E-state index in [-0.39, 0.29) is 0 Å². The maximum Gasteiger partial charge on any atom is 0.177 e. The summed E-state index contributed by atoms with van der Waals surface area (Å²) in [5.41, 5.74) is 5.82. The topological polar surface area (TPSA) is 52.4 Å². The Bertz CT molecular complexity index is 1660. The van der Waals surface area contributed by atoms with Gasteiger partial charge in [0.05, 0.1) is 22.2 Å². The van der Waals surface area contributed by atoms with Crippen LogP contribution >= 0.6 is 11.6 Å². The summed E-state index contributed by atoms with van der Waals surface area (Å²) in [4.78, 5) is 5.62. The Morgan fingerprint density at radius 3 is 2.47 bits per heavy atom. The summed E-state index contributed by atoms with van der Waals surface area (Å²) in [6, 6.07) is 28.3. The van der Waals surface area contributed by atoms with E-state index in [2.05, 4.69) is 52.2 Å². The third kappa shape index (κ3) is 3.01. The van der Waals surface area contributed by atoms with E-state index < -0.39 is 11.2 Å². The van der Waals surface area contributed by atoms with Crippen LogP contribution in [-0.2, 0) is 11.2 Å².